The molecule has 1 fully saturated rings. The van der Waals surface area contributed by atoms with Gasteiger partial charge < -0.3 is 9.73 Å². The summed E-state index contributed by atoms with van der Waals surface area (Å²) >= 11 is 0. The lowest BCUT2D eigenvalue weighted by Crippen LogP contribution is -2.55. The maximum atomic E-state index is 15.3. The zero-order chi connectivity index (χ0) is 36.0. The van der Waals surface area contributed by atoms with Crippen LogP contribution < -0.4 is 9.62 Å². The number of nitrogens with zero attached hydrogens (tertiary/aromatic N) is 5. The molecule has 0 spiro atoms. The molecule has 10 nitrogen and oxygen atoms in total. The molecular formula is C38H34F2N6O4S. The number of furan rings is 1. The average Bonchev–Trinajstić information content (AvgIpc) is 3.69. The Morgan fingerprint density at radius 1 is 1.00 bits per heavy atom. The van der Waals surface area contributed by atoms with Gasteiger partial charge in [-0.1, -0.05) is 6.07 Å². The van der Waals surface area contributed by atoms with Crippen molar-refractivity contribution in [3.05, 3.63) is 95.8 Å². The van der Waals surface area contributed by atoms with Crippen LogP contribution in [0.1, 0.15) is 36.5 Å². The number of fused-ring (bicyclic) bond motifs is 6. The molecule has 0 aliphatic carbocycles. The minimum atomic E-state index is -3.78. The number of carbonyl (C=O) groups excluding carboxylic acids is 1. The van der Waals surface area contributed by atoms with E-state index in [9.17, 15) is 17.6 Å². The van der Waals surface area contributed by atoms with E-state index in [1.165, 1.54) is 44.4 Å². The number of hydrogen-bond donors (Lipinski definition) is 1. The van der Waals surface area contributed by atoms with Crippen LogP contribution >= 0.6 is 0 Å². The Labute approximate surface area is 292 Å². The second-order valence-electron chi connectivity index (χ2n) is 13.6. The first-order valence-corrected chi connectivity index (χ1v) is 18.3. The predicted octanol–water partition coefficient (Wildman–Crippen LogP) is 7.13. The smallest absolute Gasteiger partial charge is 0.255 e. The third-order valence-electron chi connectivity index (χ3n) is 10.1. The van der Waals surface area contributed by atoms with E-state index in [0.717, 1.165) is 29.4 Å². The first-order chi connectivity index (χ1) is 24.2. The SMILES string of the molecule is CNC(=O)c1c(-c2ccc(F)cc2)oc2cc(N(C)S(C)(=O)=O)c(-c3ccc4nc(CN5CCC5(C)C)n5c6cccc(F)c6cc5c4n3)cc12. The van der Waals surface area contributed by atoms with E-state index in [4.69, 9.17) is 14.4 Å². The largest absolute Gasteiger partial charge is 0.455 e. The van der Waals surface area contributed by atoms with Gasteiger partial charge in [-0.3, -0.25) is 18.4 Å². The molecule has 0 saturated carbocycles. The van der Waals surface area contributed by atoms with Gasteiger partial charge >= 0.3 is 0 Å². The number of likely N-dealkylation sites (tertiary alicyclic amines) is 1. The number of nitrogens with one attached hydrogen (secondary N) is 1. The van der Waals surface area contributed by atoms with Gasteiger partial charge in [0.25, 0.3) is 5.91 Å². The molecular weight excluding hydrogens is 675 g/mol. The molecule has 0 bridgehead atoms. The molecule has 51 heavy (non-hydrogen) atoms. The van der Waals surface area contributed by atoms with Crippen LogP contribution in [0.5, 0.6) is 0 Å². The summed E-state index contributed by atoms with van der Waals surface area (Å²) in [5.74, 6) is -0.304. The Hall–Kier alpha value is -5.40. The number of pyridine rings is 1. The molecule has 260 valence electrons. The molecule has 1 aliphatic heterocycles. The lowest BCUT2D eigenvalue weighted by Gasteiger charge is -2.48. The molecule has 1 saturated heterocycles. The molecule has 5 heterocycles. The number of aromatic nitrogens is 3. The monoisotopic (exact) mass is 708 g/mol. The summed E-state index contributed by atoms with van der Waals surface area (Å²) in [7, 11) is -0.859. The van der Waals surface area contributed by atoms with Gasteiger partial charge in [0.1, 0.15) is 34.3 Å². The number of halogens is 2. The van der Waals surface area contributed by atoms with Gasteiger partial charge in [-0.15, -0.1) is 0 Å². The highest BCUT2D eigenvalue weighted by atomic mass is 32.2. The van der Waals surface area contributed by atoms with Crippen molar-refractivity contribution in [1.82, 2.24) is 24.6 Å². The molecule has 0 unspecified atom stereocenters. The molecule has 0 radical (unpaired) electrons. The summed E-state index contributed by atoms with van der Waals surface area (Å²) in [6, 6.07) is 19.1. The van der Waals surface area contributed by atoms with Crippen LogP contribution in [-0.2, 0) is 16.6 Å². The van der Waals surface area contributed by atoms with Gasteiger partial charge in [-0.2, -0.15) is 0 Å². The highest BCUT2D eigenvalue weighted by molar-refractivity contribution is 7.92. The molecule has 8 rings (SSSR count). The molecule has 13 heteroatoms. The standard InChI is InChI=1S/C38H34F2N6O4S/c1-38(2)15-16-45(38)20-33-42-28-14-13-27(43-35(28)31-18-23-26(40)7-6-8-29(23)46(31)33)24-17-25-32(19-30(24)44(4)51(5,48)49)50-36(34(25)37(47)41-3)21-9-11-22(39)12-10-21/h6-14,17-19H,15-16,20H2,1-5H3,(H,41,47). The predicted molar refractivity (Wildman–Crippen MR) is 194 cm³/mol. The first-order valence-electron chi connectivity index (χ1n) is 16.4. The zero-order valence-corrected chi connectivity index (χ0v) is 29.4. The van der Waals surface area contributed by atoms with Gasteiger partial charge in [-0.05, 0) is 80.9 Å². The van der Waals surface area contributed by atoms with Gasteiger partial charge in [0.05, 0.1) is 46.3 Å². The van der Waals surface area contributed by atoms with Crippen molar-refractivity contribution in [2.45, 2.75) is 32.4 Å². The highest BCUT2D eigenvalue weighted by Crippen LogP contribution is 2.42. The van der Waals surface area contributed by atoms with Crippen LogP contribution in [0, 0.1) is 11.6 Å². The van der Waals surface area contributed by atoms with Gasteiger partial charge in [0.2, 0.25) is 10.0 Å². The number of benzene rings is 3. The van der Waals surface area contributed by atoms with Crippen LogP contribution in [0.25, 0.3) is 61.0 Å². The third-order valence-corrected chi connectivity index (χ3v) is 11.3. The maximum absolute atomic E-state index is 15.3. The van der Waals surface area contributed by atoms with Crippen LogP contribution in [0.3, 0.4) is 0 Å². The minimum Gasteiger partial charge on any atom is -0.455 e. The summed E-state index contributed by atoms with van der Waals surface area (Å²) in [6.07, 6.45) is 2.15. The number of anilines is 1. The number of sulfonamides is 1. The Morgan fingerprint density at radius 2 is 1.76 bits per heavy atom. The fourth-order valence-corrected chi connectivity index (χ4v) is 7.44. The number of carbonyl (C=O) groups is 1. The Morgan fingerprint density at radius 3 is 2.43 bits per heavy atom. The normalized spacial score (nSPS) is 14.8. The molecule has 1 N–H and O–H groups in total. The molecule has 3 aromatic carbocycles. The quantitative estimate of drug-likeness (QED) is 0.187. The average molecular weight is 709 g/mol. The van der Waals surface area contributed by atoms with Crippen LogP contribution in [-0.4, -0.2) is 66.0 Å². The summed E-state index contributed by atoms with van der Waals surface area (Å²) in [6.45, 7) is 5.86. The van der Waals surface area contributed by atoms with Gasteiger partial charge in [0.15, 0.2) is 0 Å². The van der Waals surface area contributed by atoms with Gasteiger partial charge in [0, 0.05) is 54.1 Å². The van der Waals surface area contributed by atoms with E-state index in [1.54, 1.807) is 30.3 Å². The fraction of sp³-hybridized carbons (Fsp3) is 0.237. The van der Waals surface area contributed by atoms with E-state index in [2.05, 4.69) is 24.1 Å². The van der Waals surface area contributed by atoms with Crippen molar-refractivity contribution in [2.75, 3.05) is 31.2 Å². The lowest BCUT2D eigenvalue weighted by molar-refractivity contribution is 0.00552. The van der Waals surface area contributed by atoms with Crippen molar-refractivity contribution < 1.29 is 26.4 Å². The highest BCUT2D eigenvalue weighted by Gasteiger charge is 2.36. The Kier molecular flexibility index (Phi) is 7.44. The molecule has 0 atom stereocenters. The summed E-state index contributed by atoms with van der Waals surface area (Å²) in [5.41, 5.74) is 4.39. The van der Waals surface area contributed by atoms with E-state index in [-0.39, 0.29) is 34.0 Å². The minimum absolute atomic E-state index is 0.0111. The van der Waals surface area contributed by atoms with Crippen molar-refractivity contribution in [3.8, 4) is 22.6 Å². The summed E-state index contributed by atoms with van der Waals surface area (Å²) < 4.78 is 64.3. The van der Waals surface area contributed by atoms with E-state index in [1.807, 2.05) is 16.5 Å². The summed E-state index contributed by atoms with van der Waals surface area (Å²) in [4.78, 5) is 25.8. The molecule has 1 aliphatic rings. The third kappa shape index (κ3) is 5.30. The van der Waals surface area contributed by atoms with Crippen molar-refractivity contribution >= 4 is 60.0 Å². The number of amides is 1. The van der Waals surface area contributed by atoms with Crippen LogP contribution in [0.2, 0.25) is 0 Å². The van der Waals surface area contributed by atoms with Gasteiger partial charge in [-0.25, -0.2) is 27.2 Å². The second kappa shape index (κ2) is 11.6. The molecule has 7 aromatic rings. The van der Waals surface area contributed by atoms with E-state index >= 15 is 4.39 Å². The van der Waals surface area contributed by atoms with E-state index < -0.39 is 21.7 Å². The fourth-order valence-electron chi connectivity index (χ4n) is 6.93. The zero-order valence-electron chi connectivity index (χ0n) is 28.6. The Balaban J connectivity index is 1.40. The second-order valence-corrected chi connectivity index (χ2v) is 15.6. The van der Waals surface area contributed by atoms with Crippen molar-refractivity contribution in [1.29, 1.82) is 0 Å². The lowest BCUT2D eigenvalue weighted by atomic mass is 9.89. The molecule has 4 aromatic heterocycles. The van der Waals surface area contributed by atoms with Crippen molar-refractivity contribution in [2.24, 2.45) is 0 Å². The molecule has 1 amide bonds. The van der Waals surface area contributed by atoms with Crippen LogP contribution in [0.15, 0.2) is 77.2 Å². The Bertz CT molecular complexity index is 2690. The van der Waals surface area contributed by atoms with Crippen LogP contribution in [0.4, 0.5) is 14.5 Å². The number of rotatable bonds is 7. The topological polar surface area (TPSA) is 113 Å². The van der Waals surface area contributed by atoms with Crippen molar-refractivity contribution in [3.63, 3.8) is 0 Å². The maximum Gasteiger partial charge on any atom is 0.255 e. The van der Waals surface area contributed by atoms with E-state index in [0.29, 0.717) is 56.2 Å². The first kappa shape index (κ1) is 32.8. The number of hydrogen-bond acceptors (Lipinski definition) is 7. The summed E-state index contributed by atoms with van der Waals surface area (Å²) in [5, 5.41) is 3.49.